The smallest absolute Gasteiger partial charge is 0.195 e. The fourth-order valence-corrected chi connectivity index (χ4v) is 2.43. The van der Waals surface area contributed by atoms with Crippen LogP contribution in [0.2, 0.25) is 0 Å². The molecular weight excluding hydrogens is 274 g/mol. The topological polar surface area (TPSA) is 35.0 Å². The van der Waals surface area contributed by atoms with Crippen molar-refractivity contribution in [2.75, 3.05) is 47.2 Å². The lowest BCUT2D eigenvalue weighted by atomic mass is 10.1. The maximum Gasteiger partial charge on any atom is 0.195 e. The third-order valence-corrected chi connectivity index (χ3v) is 3.44. The normalized spacial score (nSPS) is 10.5. The van der Waals surface area contributed by atoms with E-state index in [9.17, 15) is 0 Å². The van der Waals surface area contributed by atoms with E-state index in [4.69, 9.17) is 4.99 Å². The van der Waals surface area contributed by atoms with Crippen LogP contribution in [0.15, 0.2) is 35.3 Å². The van der Waals surface area contributed by atoms with E-state index in [1.165, 1.54) is 5.56 Å². The lowest BCUT2D eigenvalue weighted by Crippen LogP contribution is -2.35. The van der Waals surface area contributed by atoms with E-state index >= 15 is 0 Å². The molecule has 0 aliphatic carbocycles. The van der Waals surface area contributed by atoms with Crippen LogP contribution in [0.4, 0.5) is 5.82 Å². The number of fused-ring (bicyclic) bond motifs is 1. The lowest BCUT2D eigenvalue weighted by molar-refractivity contribution is 0.479. The Hall–Kier alpha value is -2.30. The van der Waals surface area contributed by atoms with Crippen LogP contribution >= 0.6 is 0 Å². The summed E-state index contributed by atoms with van der Waals surface area (Å²) in [5, 5.41) is 1.16. The molecule has 5 heteroatoms. The average molecular weight is 299 g/mol. The van der Waals surface area contributed by atoms with E-state index in [1.54, 1.807) is 0 Å². The molecule has 0 saturated carbocycles. The Morgan fingerprint density at radius 3 is 2.23 bits per heavy atom. The monoisotopic (exact) mass is 299 g/mol. The van der Waals surface area contributed by atoms with Gasteiger partial charge in [0.25, 0.3) is 0 Å². The van der Waals surface area contributed by atoms with Gasteiger partial charge in [0.15, 0.2) is 5.96 Å². The number of nitrogens with zero attached hydrogens (tertiary/aromatic N) is 5. The van der Waals surface area contributed by atoms with Gasteiger partial charge in [-0.25, -0.2) is 9.98 Å². The fraction of sp³-hybridized carbons (Fsp3) is 0.412. The largest absolute Gasteiger partial charge is 0.363 e. The second-order valence-corrected chi connectivity index (χ2v) is 5.96. The van der Waals surface area contributed by atoms with Gasteiger partial charge in [-0.3, -0.25) is 0 Å². The highest BCUT2D eigenvalue weighted by molar-refractivity contribution is 5.85. The van der Waals surface area contributed by atoms with E-state index in [1.807, 2.05) is 75.2 Å². The number of anilines is 1. The SMILES string of the molecule is CN(C)C(=NCc1cc(N(C)C)nc2ccccc12)N(C)C. The Morgan fingerprint density at radius 2 is 1.64 bits per heavy atom. The van der Waals surface area contributed by atoms with Crippen LogP contribution in [-0.4, -0.2) is 63.0 Å². The van der Waals surface area contributed by atoms with Gasteiger partial charge in [0.05, 0.1) is 12.1 Å². The van der Waals surface area contributed by atoms with Gasteiger partial charge in [-0.15, -0.1) is 0 Å². The van der Waals surface area contributed by atoms with Crippen molar-refractivity contribution in [2.24, 2.45) is 4.99 Å². The number of pyridine rings is 1. The number of aliphatic imine (C=N–C) groups is 1. The Bertz CT molecular complexity index is 664. The van der Waals surface area contributed by atoms with E-state index in [2.05, 4.69) is 17.1 Å². The summed E-state index contributed by atoms with van der Waals surface area (Å²) in [7, 11) is 12.1. The van der Waals surface area contributed by atoms with Crippen LogP contribution < -0.4 is 4.90 Å². The second kappa shape index (κ2) is 6.64. The van der Waals surface area contributed by atoms with Gasteiger partial charge in [0, 0.05) is 47.7 Å². The molecule has 1 aromatic heterocycles. The molecule has 0 N–H and O–H groups in total. The first-order chi connectivity index (χ1) is 10.4. The number of guanidine groups is 1. The van der Waals surface area contributed by atoms with Crippen LogP contribution in [0.25, 0.3) is 10.9 Å². The quantitative estimate of drug-likeness (QED) is 0.643. The van der Waals surface area contributed by atoms with Crippen molar-refractivity contribution in [1.82, 2.24) is 14.8 Å². The van der Waals surface area contributed by atoms with Crippen molar-refractivity contribution < 1.29 is 0 Å². The standard InChI is InChI=1S/C17H25N5/c1-20(2)16-11-13(12-18-17(21(3)4)22(5)6)14-9-7-8-10-15(14)19-16/h7-11H,12H2,1-6H3. The van der Waals surface area contributed by atoms with Gasteiger partial charge in [0.2, 0.25) is 0 Å². The highest BCUT2D eigenvalue weighted by Gasteiger charge is 2.09. The molecule has 0 aliphatic heterocycles. The first-order valence-corrected chi connectivity index (χ1v) is 7.35. The summed E-state index contributed by atoms with van der Waals surface area (Å²) in [6.07, 6.45) is 0. The predicted molar refractivity (Wildman–Crippen MR) is 94.6 cm³/mol. The predicted octanol–water partition coefficient (Wildman–Crippen LogP) is 2.28. The van der Waals surface area contributed by atoms with Crippen LogP contribution in [0.5, 0.6) is 0 Å². The summed E-state index contributed by atoms with van der Waals surface area (Å²) in [5.74, 6) is 1.91. The Kier molecular flexibility index (Phi) is 4.85. The number of rotatable bonds is 3. The summed E-state index contributed by atoms with van der Waals surface area (Å²) in [6, 6.07) is 10.3. The minimum absolute atomic E-state index is 0.634. The molecule has 118 valence electrons. The lowest BCUT2D eigenvalue weighted by Gasteiger charge is -2.23. The van der Waals surface area contributed by atoms with E-state index in [0.29, 0.717) is 6.54 Å². The van der Waals surface area contributed by atoms with Crippen molar-refractivity contribution in [3.05, 3.63) is 35.9 Å². The molecule has 0 spiro atoms. The molecule has 0 amide bonds. The highest BCUT2D eigenvalue weighted by Crippen LogP contribution is 2.22. The van der Waals surface area contributed by atoms with Crippen LogP contribution in [0, 0.1) is 0 Å². The van der Waals surface area contributed by atoms with Gasteiger partial charge in [-0.05, 0) is 17.7 Å². The van der Waals surface area contributed by atoms with Gasteiger partial charge in [0.1, 0.15) is 5.82 Å². The molecule has 0 unspecified atom stereocenters. The van der Waals surface area contributed by atoms with Crippen LogP contribution in [0.3, 0.4) is 0 Å². The molecule has 1 heterocycles. The summed E-state index contributed by atoms with van der Waals surface area (Å²) >= 11 is 0. The molecular formula is C17H25N5. The van der Waals surface area contributed by atoms with Crippen LogP contribution in [-0.2, 0) is 6.54 Å². The average Bonchev–Trinajstić information content (AvgIpc) is 2.46. The highest BCUT2D eigenvalue weighted by atomic mass is 15.3. The van der Waals surface area contributed by atoms with Crippen molar-refractivity contribution in [2.45, 2.75) is 6.54 Å². The van der Waals surface area contributed by atoms with E-state index in [0.717, 1.165) is 22.7 Å². The first-order valence-electron chi connectivity index (χ1n) is 7.35. The summed E-state index contributed by atoms with van der Waals surface area (Å²) in [5.41, 5.74) is 2.20. The molecule has 0 fully saturated rings. The first kappa shape index (κ1) is 16.1. The van der Waals surface area contributed by atoms with Gasteiger partial charge < -0.3 is 14.7 Å². The Labute approximate surface area is 132 Å². The van der Waals surface area contributed by atoms with E-state index in [-0.39, 0.29) is 0 Å². The minimum atomic E-state index is 0.634. The minimum Gasteiger partial charge on any atom is -0.363 e. The van der Waals surface area contributed by atoms with Crippen LogP contribution in [0.1, 0.15) is 5.56 Å². The molecule has 1 aromatic carbocycles. The maximum absolute atomic E-state index is 4.77. The third-order valence-electron chi connectivity index (χ3n) is 3.44. The zero-order valence-electron chi connectivity index (χ0n) is 14.3. The summed E-state index contributed by atoms with van der Waals surface area (Å²) < 4.78 is 0. The van der Waals surface area contributed by atoms with Crippen molar-refractivity contribution in [3.8, 4) is 0 Å². The molecule has 2 aromatic rings. The second-order valence-electron chi connectivity index (χ2n) is 5.96. The fourth-order valence-electron chi connectivity index (χ4n) is 2.43. The number of hydrogen-bond acceptors (Lipinski definition) is 3. The molecule has 0 aliphatic rings. The number of para-hydroxylation sites is 1. The molecule has 2 rings (SSSR count). The Morgan fingerprint density at radius 1 is 1.00 bits per heavy atom. The van der Waals surface area contributed by atoms with Crippen molar-refractivity contribution in [3.63, 3.8) is 0 Å². The molecule has 0 bridgehead atoms. The number of aromatic nitrogens is 1. The molecule has 0 saturated heterocycles. The summed E-state index contributed by atoms with van der Waals surface area (Å²) in [4.78, 5) is 15.5. The van der Waals surface area contributed by atoms with Gasteiger partial charge in [-0.1, -0.05) is 18.2 Å². The molecule has 0 radical (unpaired) electrons. The van der Waals surface area contributed by atoms with Gasteiger partial charge >= 0.3 is 0 Å². The molecule has 5 nitrogen and oxygen atoms in total. The van der Waals surface area contributed by atoms with E-state index < -0.39 is 0 Å². The Balaban J connectivity index is 2.47. The molecule has 22 heavy (non-hydrogen) atoms. The maximum atomic E-state index is 4.77. The zero-order valence-corrected chi connectivity index (χ0v) is 14.3. The summed E-state index contributed by atoms with van der Waals surface area (Å²) in [6.45, 7) is 0.634. The number of hydrogen-bond donors (Lipinski definition) is 0. The third kappa shape index (κ3) is 3.47. The molecule has 0 atom stereocenters. The number of benzene rings is 1. The van der Waals surface area contributed by atoms with Crippen molar-refractivity contribution >= 4 is 22.7 Å². The zero-order chi connectivity index (χ0) is 16.3. The van der Waals surface area contributed by atoms with Crippen molar-refractivity contribution in [1.29, 1.82) is 0 Å². The van der Waals surface area contributed by atoms with Gasteiger partial charge in [-0.2, -0.15) is 0 Å².